The minimum atomic E-state index is -0.296. The zero-order valence-corrected chi connectivity index (χ0v) is 14.7. The molecular weight excluding hydrogens is 345 g/mol. The molecular formula is C21H20FN3O2. The van der Waals surface area contributed by atoms with Crippen molar-refractivity contribution in [2.45, 2.75) is 12.8 Å². The number of rotatable bonds is 7. The Labute approximate surface area is 157 Å². The van der Waals surface area contributed by atoms with Gasteiger partial charge in [0.05, 0.1) is 0 Å². The van der Waals surface area contributed by atoms with E-state index >= 15 is 0 Å². The first-order chi connectivity index (χ1) is 13.2. The standard InChI is InChI=1S/C21H20FN3O2/c22-17-6-1-4-16(14-17)5-3-11-24-21(26)25-18-7-2-8-20(15-18)27-19-9-12-23-13-10-19/h1-2,4,6-10,12-15H,3,5,11H2,(H2,24,25,26). The van der Waals surface area contributed by atoms with Crippen molar-refractivity contribution in [3.05, 3.63) is 84.4 Å². The highest BCUT2D eigenvalue weighted by Gasteiger charge is 2.04. The molecule has 2 aromatic carbocycles. The maximum atomic E-state index is 13.1. The van der Waals surface area contributed by atoms with Crippen LogP contribution in [0.15, 0.2) is 73.1 Å². The molecule has 5 nitrogen and oxygen atoms in total. The molecule has 1 heterocycles. The summed E-state index contributed by atoms with van der Waals surface area (Å²) in [7, 11) is 0. The molecule has 138 valence electrons. The number of ether oxygens (including phenoxy) is 1. The first-order valence-electron chi connectivity index (χ1n) is 8.66. The van der Waals surface area contributed by atoms with Crippen molar-refractivity contribution in [3.8, 4) is 11.5 Å². The van der Waals surface area contributed by atoms with Gasteiger partial charge in [0.15, 0.2) is 0 Å². The van der Waals surface area contributed by atoms with Gasteiger partial charge in [0.2, 0.25) is 0 Å². The molecule has 0 bridgehead atoms. The summed E-state index contributed by atoms with van der Waals surface area (Å²) in [5.74, 6) is 1.04. The number of hydrogen-bond donors (Lipinski definition) is 2. The summed E-state index contributed by atoms with van der Waals surface area (Å²) in [5.41, 5.74) is 1.54. The molecule has 3 aromatic rings. The molecule has 2 N–H and O–H groups in total. The lowest BCUT2D eigenvalue weighted by Gasteiger charge is -2.10. The molecule has 0 radical (unpaired) electrons. The fourth-order valence-corrected chi connectivity index (χ4v) is 2.54. The van der Waals surface area contributed by atoms with Crippen LogP contribution in [-0.2, 0) is 6.42 Å². The number of hydrogen-bond acceptors (Lipinski definition) is 3. The molecule has 0 spiro atoms. The van der Waals surface area contributed by atoms with Gasteiger partial charge in [0.25, 0.3) is 0 Å². The van der Waals surface area contributed by atoms with E-state index in [4.69, 9.17) is 4.74 Å². The van der Waals surface area contributed by atoms with Crippen LogP contribution < -0.4 is 15.4 Å². The number of carbonyl (C=O) groups is 1. The number of nitrogens with zero attached hydrogens (tertiary/aromatic N) is 1. The number of pyridine rings is 1. The highest BCUT2D eigenvalue weighted by molar-refractivity contribution is 5.89. The Hall–Kier alpha value is -3.41. The summed E-state index contributed by atoms with van der Waals surface area (Å²) in [5, 5.41) is 5.57. The van der Waals surface area contributed by atoms with Gasteiger partial charge in [-0.15, -0.1) is 0 Å². The van der Waals surface area contributed by atoms with E-state index in [0.29, 0.717) is 30.2 Å². The average Bonchev–Trinajstić information content (AvgIpc) is 2.66. The third kappa shape index (κ3) is 6.11. The fraction of sp³-hybridized carbons (Fsp3) is 0.143. The number of benzene rings is 2. The van der Waals surface area contributed by atoms with Gasteiger partial charge < -0.3 is 15.4 Å². The molecule has 3 rings (SSSR count). The summed E-state index contributed by atoms with van der Waals surface area (Å²) in [6.07, 6.45) is 4.72. The maximum Gasteiger partial charge on any atom is 0.319 e. The molecule has 6 heteroatoms. The molecule has 0 aliphatic rings. The Morgan fingerprint density at radius 2 is 1.81 bits per heavy atom. The molecule has 0 aliphatic heterocycles. The highest BCUT2D eigenvalue weighted by Crippen LogP contribution is 2.23. The number of halogens is 1. The zero-order chi connectivity index (χ0) is 18.9. The predicted molar refractivity (Wildman–Crippen MR) is 102 cm³/mol. The van der Waals surface area contributed by atoms with Gasteiger partial charge >= 0.3 is 6.03 Å². The maximum absolute atomic E-state index is 13.1. The molecule has 2 amide bonds. The summed E-state index contributed by atoms with van der Waals surface area (Å²) >= 11 is 0. The third-order valence-corrected chi connectivity index (χ3v) is 3.79. The second-order valence-corrected chi connectivity index (χ2v) is 5.93. The van der Waals surface area contributed by atoms with E-state index in [1.165, 1.54) is 12.1 Å². The van der Waals surface area contributed by atoms with Crippen LogP contribution in [0.25, 0.3) is 0 Å². The second kappa shape index (κ2) is 9.33. The zero-order valence-electron chi connectivity index (χ0n) is 14.7. The summed E-state index contributed by atoms with van der Waals surface area (Å²) < 4.78 is 18.8. The number of aromatic nitrogens is 1. The monoisotopic (exact) mass is 365 g/mol. The Morgan fingerprint density at radius 3 is 2.63 bits per heavy atom. The lowest BCUT2D eigenvalue weighted by atomic mass is 10.1. The minimum Gasteiger partial charge on any atom is -0.457 e. The van der Waals surface area contributed by atoms with Gasteiger partial charge in [-0.25, -0.2) is 9.18 Å². The van der Waals surface area contributed by atoms with Gasteiger partial charge in [-0.2, -0.15) is 0 Å². The van der Waals surface area contributed by atoms with Crippen LogP contribution in [0.3, 0.4) is 0 Å². The van der Waals surface area contributed by atoms with E-state index in [2.05, 4.69) is 15.6 Å². The van der Waals surface area contributed by atoms with E-state index in [1.807, 2.05) is 12.1 Å². The molecule has 0 aliphatic carbocycles. The number of nitrogens with one attached hydrogen (secondary N) is 2. The van der Waals surface area contributed by atoms with Crippen LogP contribution in [0.5, 0.6) is 11.5 Å². The van der Waals surface area contributed by atoms with Crippen LogP contribution in [0.1, 0.15) is 12.0 Å². The fourth-order valence-electron chi connectivity index (χ4n) is 2.54. The van der Waals surface area contributed by atoms with Crippen LogP contribution >= 0.6 is 0 Å². The molecule has 0 saturated carbocycles. The predicted octanol–water partition coefficient (Wildman–Crippen LogP) is 4.77. The average molecular weight is 365 g/mol. The molecule has 0 saturated heterocycles. The smallest absolute Gasteiger partial charge is 0.319 e. The summed E-state index contributed by atoms with van der Waals surface area (Å²) in [6.45, 7) is 0.496. The lowest BCUT2D eigenvalue weighted by molar-refractivity contribution is 0.252. The van der Waals surface area contributed by atoms with E-state index in [9.17, 15) is 9.18 Å². The van der Waals surface area contributed by atoms with Crippen molar-refractivity contribution in [3.63, 3.8) is 0 Å². The quantitative estimate of drug-likeness (QED) is 0.593. The van der Waals surface area contributed by atoms with E-state index < -0.39 is 0 Å². The van der Waals surface area contributed by atoms with E-state index in [-0.39, 0.29) is 11.8 Å². The van der Waals surface area contributed by atoms with Gasteiger partial charge in [0, 0.05) is 30.7 Å². The SMILES string of the molecule is O=C(NCCCc1cccc(F)c1)Nc1cccc(Oc2ccncc2)c1. The van der Waals surface area contributed by atoms with Crippen molar-refractivity contribution in [1.82, 2.24) is 10.3 Å². The number of carbonyl (C=O) groups excluding carboxylic acids is 1. The van der Waals surface area contributed by atoms with E-state index in [1.54, 1.807) is 48.8 Å². The minimum absolute atomic E-state index is 0.243. The van der Waals surface area contributed by atoms with Crippen molar-refractivity contribution in [1.29, 1.82) is 0 Å². The first-order valence-corrected chi connectivity index (χ1v) is 8.66. The van der Waals surface area contributed by atoms with Gasteiger partial charge in [-0.05, 0) is 54.8 Å². The number of urea groups is 1. The van der Waals surface area contributed by atoms with Crippen molar-refractivity contribution in [2.24, 2.45) is 0 Å². The van der Waals surface area contributed by atoms with Crippen LogP contribution in [0, 0.1) is 5.82 Å². The Bertz CT molecular complexity index is 887. The second-order valence-electron chi connectivity index (χ2n) is 5.93. The van der Waals surface area contributed by atoms with Crippen molar-refractivity contribution < 1.29 is 13.9 Å². The first kappa shape index (κ1) is 18.4. The van der Waals surface area contributed by atoms with Crippen LogP contribution in [0.2, 0.25) is 0 Å². The number of aryl methyl sites for hydroxylation is 1. The summed E-state index contributed by atoms with van der Waals surface area (Å²) in [6, 6.07) is 16.8. The van der Waals surface area contributed by atoms with E-state index in [0.717, 1.165) is 12.0 Å². The Balaban J connectivity index is 1.44. The van der Waals surface area contributed by atoms with Crippen LogP contribution in [0.4, 0.5) is 14.9 Å². The van der Waals surface area contributed by atoms with Crippen molar-refractivity contribution >= 4 is 11.7 Å². The summed E-state index contributed by atoms with van der Waals surface area (Å²) in [4.78, 5) is 16.0. The van der Waals surface area contributed by atoms with Gasteiger partial charge in [0.1, 0.15) is 17.3 Å². The molecule has 0 fully saturated rings. The topological polar surface area (TPSA) is 63.2 Å². The van der Waals surface area contributed by atoms with Gasteiger partial charge in [-0.1, -0.05) is 18.2 Å². The lowest BCUT2D eigenvalue weighted by Crippen LogP contribution is -2.29. The van der Waals surface area contributed by atoms with Crippen LogP contribution in [-0.4, -0.2) is 17.6 Å². The Morgan fingerprint density at radius 1 is 1.00 bits per heavy atom. The Kier molecular flexibility index (Phi) is 6.35. The highest BCUT2D eigenvalue weighted by atomic mass is 19.1. The van der Waals surface area contributed by atoms with Gasteiger partial charge in [-0.3, -0.25) is 4.98 Å². The van der Waals surface area contributed by atoms with Crippen molar-refractivity contribution in [2.75, 3.05) is 11.9 Å². The molecule has 0 unspecified atom stereocenters. The third-order valence-electron chi connectivity index (χ3n) is 3.79. The molecule has 27 heavy (non-hydrogen) atoms. The number of amides is 2. The normalized spacial score (nSPS) is 10.3. The molecule has 0 atom stereocenters. The largest absolute Gasteiger partial charge is 0.457 e. The number of anilines is 1. The molecule has 1 aromatic heterocycles.